The molecule has 0 saturated carbocycles. The van der Waals surface area contributed by atoms with E-state index in [2.05, 4.69) is 24.1 Å². The van der Waals surface area contributed by atoms with Crippen LogP contribution in [0.5, 0.6) is 0 Å². The minimum absolute atomic E-state index is 0.963. The lowest BCUT2D eigenvalue weighted by Crippen LogP contribution is -1.82. The lowest BCUT2D eigenvalue weighted by atomic mass is 10.1. The van der Waals surface area contributed by atoms with Crippen LogP contribution in [0.25, 0.3) is 16.7 Å². The largest absolute Gasteiger partial charge is 0.443 e. The van der Waals surface area contributed by atoms with Crippen molar-refractivity contribution < 1.29 is 4.42 Å². The van der Waals surface area contributed by atoms with Crippen LogP contribution in [-0.2, 0) is 6.42 Å². The molecule has 0 fully saturated rings. The first kappa shape index (κ1) is 8.72. The molecule has 1 aromatic heterocycles. The lowest BCUT2D eigenvalue weighted by molar-refractivity contribution is 0.601. The maximum absolute atomic E-state index is 5.49. The molecule has 0 amide bonds. The van der Waals surface area contributed by atoms with E-state index in [1.54, 1.807) is 0 Å². The van der Waals surface area contributed by atoms with Crippen LogP contribution in [0.1, 0.15) is 30.9 Å². The van der Waals surface area contributed by atoms with E-state index in [0.717, 1.165) is 30.4 Å². The molecule has 0 saturated heterocycles. The van der Waals surface area contributed by atoms with Gasteiger partial charge in [-0.25, -0.2) is 4.98 Å². The number of oxazole rings is 1. The van der Waals surface area contributed by atoms with Crippen molar-refractivity contribution in [3.63, 3.8) is 0 Å². The van der Waals surface area contributed by atoms with E-state index in [-0.39, 0.29) is 0 Å². The van der Waals surface area contributed by atoms with Crippen LogP contribution in [0, 0.1) is 0 Å². The summed E-state index contributed by atoms with van der Waals surface area (Å²) in [4.78, 5) is 4.20. The summed E-state index contributed by atoms with van der Waals surface area (Å²) in [6.45, 7) is 2.17. The zero-order valence-corrected chi connectivity index (χ0v) is 8.79. The van der Waals surface area contributed by atoms with Gasteiger partial charge in [-0.15, -0.1) is 0 Å². The number of rotatable bonds is 1. The van der Waals surface area contributed by atoms with Gasteiger partial charge in [-0.05, 0) is 36.5 Å². The summed E-state index contributed by atoms with van der Waals surface area (Å²) in [6, 6.07) is 4.23. The molecule has 1 aromatic carbocycles. The van der Waals surface area contributed by atoms with Crippen LogP contribution >= 0.6 is 0 Å². The maximum Gasteiger partial charge on any atom is 0.182 e. The minimum atomic E-state index is 0.963. The normalized spacial score (nSPS) is 17.5. The predicted molar refractivity (Wildman–Crippen MR) is 60.6 cm³/mol. The summed E-state index contributed by atoms with van der Waals surface area (Å²) < 4.78 is 5.49. The van der Waals surface area contributed by atoms with Gasteiger partial charge in [0.2, 0.25) is 0 Å². The van der Waals surface area contributed by atoms with Crippen LogP contribution in [0.15, 0.2) is 29.0 Å². The first-order valence-corrected chi connectivity index (χ1v) is 5.44. The molecule has 1 aliphatic carbocycles. The fourth-order valence-corrected chi connectivity index (χ4v) is 2.37. The van der Waals surface area contributed by atoms with E-state index in [4.69, 9.17) is 4.42 Å². The van der Waals surface area contributed by atoms with E-state index in [1.807, 2.05) is 6.07 Å². The SMILES string of the molecule is CC/C=C1\CCc2ccc3ncoc3c21. The molecule has 0 atom stereocenters. The first-order chi connectivity index (χ1) is 7.40. The molecule has 0 unspecified atom stereocenters. The molecule has 0 radical (unpaired) electrons. The highest BCUT2D eigenvalue weighted by molar-refractivity contribution is 5.91. The molecule has 1 aliphatic rings. The number of aryl methyl sites for hydroxylation is 1. The molecule has 0 bridgehead atoms. The summed E-state index contributed by atoms with van der Waals surface area (Å²) in [5, 5.41) is 0. The number of fused-ring (bicyclic) bond motifs is 3. The lowest BCUT2D eigenvalue weighted by Gasteiger charge is -2.00. The van der Waals surface area contributed by atoms with Crippen molar-refractivity contribution in [2.75, 3.05) is 0 Å². The minimum Gasteiger partial charge on any atom is -0.443 e. The predicted octanol–water partition coefficient (Wildman–Crippen LogP) is 3.57. The Labute approximate surface area is 88.6 Å². The van der Waals surface area contributed by atoms with E-state index in [0.29, 0.717) is 0 Å². The van der Waals surface area contributed by atoms with Crippen molar-refractivity contribution in [1.29, 1.82) is 0 Å². The van der Waals surface area contributed by atoms with Crippen LogP contribution in [0.3, 0.4) is 0 Å². The number of benzene rings is 1. The number of hydrogen-bond donors (Lipinski definition) is 0. The standard InChI is InChI=1S/C13H13NO/c1-2-3-9-4-5-10-6-7-11-13(12(9)10)15-8-14-11/h3,6-8H,2,4-5H2,1H3/b9-3+. The van der Waals surface area contributed by atoms with Gasteiger partial charge < -0.3 is 4.42 Å². The van der Waals surface area contributed by atoms with Gasteiger partial charge in [-0.1, -0.05) is 19.1 Å². The van der Waals surface area contributed by atoms with E-state index >= 15 is 0 Å². The molecular formula is C13H13NO. The molecule has 1 heterocycles. The number of allylic oxidation sites excluding steroid dienone is 2. The third-order valence-corrected chi connectivity index (χ3v) is 3.02. The summed E-state index contributed by atoms with van der Waals surface area (Å²) in [7, 11) is 0. The summed E-state index contributed by atoms with van der Waals surface area (Å²) in [5.41, 5.74) is 6.06. The maximum atomic E-state index is 5.49. The number of hydrogen-bond acceptors (Lipinski definition) is 2. The zero-order chi connectivity index (χ0) is 10.3. The van der Waals surface area contributed by atoms with Gasteiger partial charge in [0.25, 0.3) is 0 Å². The zero-order valence-electron chi connectivity index (χ0n) is 8.79. The molecule has 0 spiro atoms. The summed E-state index contributed by atoms with van der Waals surface area (Å²) >= 11 is 0. The third-order valence-electron chi connectivity index (χ3n) is 3.02. The molecule has 2 aromatic rings. The molecule has 15 heavy (non-hydrogen) atoms. The van der Waals surface area contributed by atoms with E-state index in [9.17, 15) is 0 Å². The van der Waals surface area contributed by atoms with Crippen molar-refractivity contribution >= 4 is 16.7 Å². The number of nitrogens with zero attached hydrogens (tertiary/aromatic N) is 1. The Bertz CT molecular complexity index is 536. The Morgan fingerprint density at radius 3 is 3.20 bits per heavy atom. The molecular weight excluding hydrogens is 186 g/mol. The van der Waals surface area contributed by atoms with Crippen molar-refractivity contribution in [2.45, 2.75) is 26.2 Å². The summed E-state index contributed by atoms with van der Waals surface area (Å²) in [6.07, 6.45) is 7.20. The highest BCUT2D eigenvalue weighted by atomic mass is 16.3. The molecule has 3 rings (SSSR count). The van der Waals surface area contributed by atoms with Gasteiger partial charge in [-0.2, -0.15) is 0 Å². The van der Waals surface area contributed by atoms with E-state index < -0.39 is 0 Å². The average molecular weight is 199 g/mol. The van der Waals surface area contributed by atoms with Crippen molar-refractivity contribution in [3.05, 3.63) is 35.7 Å². The van der Waals surface area contributed by atoms with Gasteiger partial charge >= 0.3 is 0 Å². The van der Waals surface area contributed by atoms with Crippen LogP contribution in [-0.4, -0.2) is 4.98 Å². The molecule has 0 N–H and O–H groups in total. The second kappa shape index (κ2) is 3.23. The fourth-order valence-electron chi connectivity index (χ4n) is 2.37. The molecule has 2 nitrogen and oxygen atoms in total. The fraction of sp³-hybridized carbons (Fsp3) is 0.308. The average Bonchev–Trinajstić information content (AvgIpc) is 2.83. The Kier molecular flexibility index (Phi) is 1.88. The third kappa shape index (κ3) is 1.21. The Hall–Kier alpha value is -1.57. The van der Waals surface area contributed by atoms with Crippen molar-refractivity contribution in [2.24, 2.45) is 0 Å². The Balaban J connectivity index is 2.31. The van der Waals surface area contributed by atoms with Gasteiger partial charge in [0.05, 0.1) is 0 Å². The summed E-state index contributed by atoms with van der Waals surface area (Å²) in [5.74, 6) is 0. The van der Waals surface area contributed by atoms with Gasteiger partial charge in [0.15, 0.2) is 12.0 Å². The van der Waals surface area contributed by atoms with Crippen molar-refractivity contribution in [3.8, 4) is 0 Å². The quantitative estimate of drug-likeness (QED) is 0.701. The van der Waals surface area contributed by atoms with Gasteiger partial charge in [0, 0.05) is 5.56 Å². The molecule has 76 valence electrons. The Morgan fingerprint density at radius 2 is 2.33 bits per heavy atom. The number of aromatic nitrogens is 1. The second-order valence-corrected chi connectivity index (χ2v) is 3.94. The van der Waals surface area contributed by atoms with Crippen molar-refractivity contribution in [1.82, 2.24) is 4.98 Å². The monoisotopic (exact) mass is 199 g/mol. The smallest absolute Gasteiger partial charge is 0.182 e. The van der Waals surface area contributed by atoms with E-state index in [1.165, 1.54) is 23.1 Å². The van der Waals surface area contributed by atoms with Crippen LogP contribution in [0.2, 0.25) is 0 Å². The second-order valence-electron chi connectivity index (χ2n) is 3.94. The topological polar surface area (TPSA) is 26.0 Å². The van der Waals surface area contributed by atoms with Gasteiger partial charge in [-0.3, -0.25) is 0 Å². The molecule has 2 heteroatoms. The first-order valence-electron chi connectivity index (χ1n) is 5.44. The highest BCUT2D eigenvalue weighted by Gasteiger charge is 2.20. The van der Waals surface area contributed by atoms with Crippen LogP contribution in [0.4, 0.5) is 0 Å². The highest BCUT2D eigenvalue weighted by Crippen LogP contribution is 2.37. The Morgan fingerprint density at radius 1 is 1.40 bits per heavy atom. The van der Waals surface area contributed by atoms with Gasteiger partial charge in [0.1, 0.15) is 5.52 Å². The molecule has 0 aliphatic heterocycles. The van der Waals surface area contributed by atoms with Crippen LogP contribution < -0.4 is 0 Å².